The van der Waals surface area contributed by atoms with E-state index in [9.17, 15) is 13.2 Å². The Hall–Kier alpha value is -2.62. The van der Waals surface area contributed by atoms with Gasteiger partial charge in [-0.1, -0.05) is 12.1 Å². The second-order valence-electron chi connectivity index (χ2n) is 6.35. The molecule has 7 nitrogen and oxygen atoms in total. The van der Waals surface area contributed by atoms with Crippen LogP contribution in [0, 0.1) is 0 Å². The van der Waals surface area contributed by atoms with Gasteiger partial charge in [0, 0.05) is 30.2 Å². The predicted octanol–water partition coefficient (Wildman–Crippen LogP) is 3.24. The Balaban J connectivity index is 1.52. The summed E-state index contributed by atoms with van der Waals surface area (Å²) < 4.78 is 26.9. The number of carbonyl (C=O) groups excluding carboxylic acids is 1. The van der Waals surface area contributed by atoms with Gasteiger partial charge in [0.05, 0.1) is 10.6 Å². The minimum absolute atomic E-state index is 0.135. The van der Waals surface area contributed by atoms with Crippen LogP contribution in [-0.4, -0.2) is 41.7 Å². The van der Waals surface area contributed by atoms with Crippen molar-refractivity contribution in [1.29, 1.82) is 0 Å². The first-order chi connectivity index (χ1) is 13.5. The van der Waals surface area contributed by atoms with Crippen LogP contribution in [0.2, 0.25) is 0 Å². The Morgan fingerprint density at radius 3 is 2.64 bits per heavy atom. The minimum Gasteiger partial charge on any atom is -0.298 e. The molecular weight excluding hydrogens is 396 g/mol. The average Bonchev–Trinajstić information content (AvgIpc) is 3.41. The van der Waals surface area contributed by atoms with Crippen LogP contribution in [0.5, 0.6) is 0 Å². The summed E-state index contributed by atoms with van der Waals surface area (Å²) in [6.45, 7) is 1.04. The van der Waals surface area contributed by atoms with E-state index in [4.69, 9.17) is 0 Å². The molecule has 1 N–H and O–H groups in total. The first-order valence-electron chi connectivity index (χ1n) is 8.82. The largest absolute Gasteiger partial charge is 0.298 e. The van der Waals surface area contributed by atoms with E-state index in [1.165, 1.54) is 27.8 Å². The van der Waals surface area contributed by atoms with Crippen LogP contribution >= 0.6 is 11.3 Å². The Labute approximate surface area is 167 Å². The standard InChI is InChI=1S/C19H18N4O3S2/c24-18(22-19-21-17(13-27-19)16-8-1-2-9-20-16)14-6-5-7-15(12-14)28(25,26)23-10-3-4-11-23/h1-2,5-9,12-13H,3-4,10-11H2,(H,21,22,24). The first kappa shape index (κ1) is 18.7. The van der Waals surface area contributed by atoms with Gasteiger partial charge in [-0.25, -0.2) is 13.4 Å². The van der Waals surface area contributed by atoms with Gasteiger partial charge in [0.15, 0.2) is 5.13 Å². The summed E-state index contributed by atoms with van der Waals surface area (Å²) >= 11 is 1.29. The van der Waals surface area contributed by atoms with Crippen LogP contribution in [0.15, 0.2) is 58.9 Å². The molecule has 0 spiro atoms. The fourth-order valence-corrected chi connectivity index (χ4v) is 5.27. The van der Waals surface area contributed by atoms with Crippen molar-refractivity contribution in [2.24, 2.45) is 0 Å². The number of nitrogens with one attached hydrogen (secondary N) is 1. The summed E-state index contributed by atoms with van der Waals surface area (Å²) in [7, 11) is -3.57. The van der Waals surface area contributed by atoms with Gasteiger partial charge >= 0.3 is 0 Å². The molecule has 2 aromatic heterocycles. The van der Waals surface area contributed by atoms with Crippen LogP contribution in [0.4, 0.5) is 5.13 Å². The molecule has 144 valence electrons. The molecular formula is C19H18N4O3S2. The molecule has 1 saturated heterocycles. The Morgan fingerprint density at radius 2 is 1.89 bits per heavy atom. The van der Waals surface area contributed by atoms with E-state index < -0.39 is 15.9 Å². The highest BCUT2D eigenvalue weighted by Gasteiger charge is 2.27. The van der Waals surface area contributed by atoms with E-state index >= 15 is 0 Å². The van der Waals surface area contributed by atoms with Crippen molar-refractivity contribution in [1.82, 2.24) is 14.3 Å². The van der Waals surface area contributed by atoms with Crippen molar-refractivity contribution in [2.75, 3.05) is 18.4 Å². The van der Waals surface area contributed by atoms with Gasteiger partial charge in [0.25, 0.3) is 5.91 Å². The van der Waals surface area contributed by atoms with Crippen molar-refractivity contribution in [2.45, 2.75) is 17.7 Å². The fourth-order valence-electron chi connectivity index (χ4n) is 3.01. The quantitative estimate of drug-likeness (QED) is 0.692. The molecule has 0 atom stereocenters. The van der Waals surface area contributed by atoms with Gasteiger partial charge in [-0.15, -0.1) is 11.3 Å². The Bertz CT molecular complexity index is 1090. The second kappa shape index (κ2) is 7.78. The number of anilines is 1. The van der Waals surface area contributed by atoms with Crippen molar-refractivity contribution < 1.29 is 13.2 Å². The van der Waals surface area contributed by atoms with Crippen LogP contribution in [0.1, 0.15) is 23.2 Å². The molecule has 1 aliphatic heterocycles. The highest BCUT2D eigenvalue weighted by atomic mass is 32.2. The molecule has 28 heavy (non-hydrogen) atoms. The highest BCUT2D eigenvalue weighted by molar-refractivity contribution is 7.89. The molecule has 1 aliphatic rings. The summed E-state index contributed by atoms with van der Waals surface area (Å²) in [5.41, 5.74) is 1.67. The number of pyridine rings is 1. The predicted molar refractivity (Wildman–Crippen MR) is 108 cm³/mol. The molecule has 4 rings (SSSR count). The van der Waals surface area contributed by atoms with Crippen LogP contribution in [0.3, 0.4) is 0 Å². The Morgan fingerprint density at radius 1 is 1.07 bits per heavy atom. The molecule has 3 heterocycles. The SMILES string of the molecule is O=C(Nc1nc(-c2ccccn2)cs1)c1cccc(S(=O)(=O)N2CCCC2)c1. The first-order valence-corrected chi connectivity index (χ1v) is 11.1. The second-order valence-corrected chi connectivity index (χ2v) is 9.14. The summed E-state index contributed by atoms with van der Waals surface area (Å²) in [5, 5.41) is 4.97. The maximum atomic E-state index is 12.7. The molecule has 3 aromatic rings. The van der Waals surface area contributed by atoms with Gasteiger partial charge in [-0.05, 0) is 43.2 Å². The summed E-state index contributed by atoms with van der Waals surface area (Å²) in [4.78, 5) is 21.3. The average molecular weight is 415 g/mol. The number of sulfonamides is 1. The summed E-state index contributed by atoms with van der Waals surface area (Å²) in [6, 6.07) is 11.6. The maximum absolute atomic E-state index is 12.7. The number of hydrogen-bond acceptors (Lipinski definition) is 6. The normalized spacial score (nSPS) is 14.9. The number of hydrogen-bond donors (Lipinski definition) is 1. The number of aromatic nitrogens is 2. The zero-order valence-electron chi connectivity index (χ0n) is 14.9. The smallest absolute Gasteiger partial charge is 0.257 e. The summed E-state index contributed by atoms with van der Waals surface area (Å²) in [6.07, 6.45) is 3.41. The van der Waals surface area contributed by atoms with Crippen LogP contribution < -0.4 is 5.32 Å². The molecule has 1 amide bonds. The van der Waals surface area contributed by atoms with E-state index in [2.05, 4.69) is 15.3 Å². The lowest BCUT2D eigenvalue weighted by atomic mass is 10.2. The lowest BCUT2D eigenvalue weighted by Crippen LogP contribution is -2.28. The van der Waals surface area contributed by atoms with E-state index in [0.29, 0.717) is 23.9 Å². The van der Waals surface area contributed by atoms with Crippen LogP contribution in [0.25, 0.3) is 11.4 Å². The van der Waals surface area contributed by atoms with Crippen molar-refractivity contribution in [3.05, 3.63) is 59.6 Å². The van der Waals surface area contributed by atoms with Gasteiger partial charge in [-0.2, -0.15) is 4.31 Å². The van der Waals surface area contributed by atoms with Crippen molar-refractivity contribution in [3.8, 4) is 11.4 Å². The van der Waals surface area contributed by atoms with Crippen LogP contribution in [-0.2, 0) is 10.0 Å². The van der Waals surface area contributed by atoms with E-state index in [-0.39, 0.29) is 10.5 Å². The Kier molecular flexibility index (Phi) is 5.21. The lowest BCUT2D eigenvalue weighted by molar-refractivity contribution is 0.102. The number of benzene rings is 1. The molecule has 1 aromatic carbocycles. The molecule has 9 heteroatoms. The van der Waals surface area contributed by atoms with E-state index in [0.717, 1.165) is 18.5 Å². The van der Waals surface area contributed by atoms with E-state index in [1.54, 1.807) is 18.3 Å². The van der Waals surface area contributed by atoms with Gasteiger partial charge in [0.2, 0.25) is 10.0 Å². The van der Waals surface area contributed by atoms with E-state index in [1.807, 2.05) is 23.6 Å². The van der Waals surface area contributed by atoms with Gasteiger partial charge in [0.1, 0.15) is 5.69 Å². The maximum Gasteiger partial charge on any atom is 0.257 e. The zero-order valence-corrected chi connectivity index (χ0v) is 16.5. The third-order valence-electron chi connectivity index (χ3n) is 4.45. The molecule has 0 aliphatic carbocycles. The zero-order chi connectivity index (χ0) is 19.6. The molecule has 0 bridgehead atoms. The molecule has 0 radical (unpaired) electrons. The third-order valence-corrected chi connectivity index (χ3v) is 7.10. The topological polar surface area (TPSA) is 92.3 Å². The fraction of sp³-hybridized carbons (Fsp3) is 0.211. The number of nitrogens with zero attached hydrogens (tertiary/aromatic N) is 3. The minimum atomic E-state index is -3.57. The molecule has 0 saturated carbocycles. The lowest BCUT2D eigenvalue weighted by Gasteiger charge is -2.15. The van der Waals surface area contributed by atoms with Crippen molar-refractivity contribution in [3.63, 3.8) is 0 Å². The third kappa shape index (κ3) is 3.82. The number of thiazole rings is 1. The monoisotopic (exact) mass is 414 g/mol. The highest BCUT2D eigenvalue weighted by Crippen LogP contribution is 2.25. The molecule has 1 fully saturated rings. The number of rotatable bonds is 5. The van der Waals surface area contributed by atoms with Gasteiger partial charge < -0.3 is 0 Å². The molecule has 0 unspecified atom stereocenters. The van der Waals surface area contributed by atoms with Crippen molar-refractivity contribution >= 4 is 32.4 Å². The summed E-state index contributed by atoms with van der Waals surface area (Å²) in [5.74, 6) is -0.402. The van der Waals surface area contributed by atoms with Gasteiger partial charge in [-0.3, -0.25) is 15.1 Å². The number of carbonyl (C=O) groups is 1. The number of amides is 1.